The van der Waals surface area contributed by atoms with Gasteiger partial charge in [0.2, 0.25) is 0 Å². The monoisotopic (exact) mass is 252 g/mol. The molecule has 0 aliphatic carbocycles. The molecule has 1 aliphatic rings. The Morgan fingerprint density at radius 3 is 2.94 bits per heavy atom. The van der Waals surface area contributed by atoms with E-state index < -0.39 is 5.60 Å². The van der Waals surface area contributed by atoms with Gasteiger partial charge in [0.25, 0.3) is 0 Å². The van der Waals surface area contributed by atoms with Crippen molar-refractivity contribution in [2.75, 3.05) is 6.61 Å². The van der Waals surface area contributed by atoms with Gasteiger partial charge in [-0.1, -0.05) is 6.92 Å². The molecule has 0 bridgehead atoms. The van der Waals surface area contributed by atoms with Crippen molar-refractivity contribution in [3.05, 3.63) is 17.5 Å². The Morgan fingerprint density at radius 2 is 2.33 bits per heavy atom. The molecule has 2 atom stereocenters. The van der Waals surface area contributed by atoms with E-state index in [9.17, 15) is 5.11 Å². The summed E-state index contributed by atoms with van der Waals surface area (Å²) in [5, 5.41) is 15.2. The van der Waals surface area contributed by atoms with Gasteiger partial charge in [0, 0.05) is 31.7 Å². The van der Waals surface area contributed by atoms with Gasteiger partial charge in [-0.05, 0) is 32.8 Å². The molecule has 1 aliphatic heterocycles. The molecule has 0 saturated carbocycles. The van der Waals surface area contributed by atoms with Crippen molar-refractivity contribution in [1.82, 2.24) is 9.78 Å². The third-order valence-corrected chi connectivity index (χ3v) is 3.72. The SMILES string of the molecule is CCc1cc(CC2(O)CCOC(C)C2)n(CC)n1. The predicted molar refractivity (Wildman–Crippen MR) is 70.6 cm³/mol. The van der Waals surface area contributed by atoms with Gasteiger partial charge < -0.3 is 9.84 Å². The number of ether oxygens (including phenoxy) is 1. The topological polar surface area (TPSA) is 47.3 Å². The zero-order valence-electron chi connectivity index (χ0n) is 11.6. The van der Waals surface area contributed by atoms with Gasteiger partial charge in [-0.2, -0.15) is 5.10 Å². The van der Waals surface area contributed by atoms with Crippen molar-refractivity contribution in [2.24, 2.45) is 0 Å². The quantitative estimate of drug-likeness (QED) is 0.891. The highest BCUT2D eigenvalue weighted by Crippen LogP contribution is 2.28. The molecule has 2 rings (SSSR count). The van der Waals surface area contributed by atoms with Crippen LogP contribution in [-0.2, 0) is 24.1 Å². The Labute approximate surface area is 109 Å². The van der Waals surface area contributed by atoms with Crippen molar-refractivity contribution in [3.8, 4) is 0 Å². The van der Waals surface area contributed by atoms with Gasteiger partial charge in [0.15, 0.2) is 0 Å². The Morgan fingerprint density at radius 1 is 1.56 bits per heavy atom. The van der Waals surface area contributed by atoms with Gasteiger partial charge in [-0.3, -0.25) is 4.68 Å². The lowest BCUT2D eigenvalue weighted by molar-refractivity contribution is -0.0968. The maximum Gasteiger partial charge on any atom is 0.0749 e. The number of aryl methyl sites for hydroxylation is 2. The number of hydrogen-bond acceptors (Lipinski definition) is 3. The Kier molecular flexibility index (Phi) is 4.07. The summed E-state index contributed by atoms with van der Waals surface area (Å²) in [6.07, 6.45) is 3.20. The lowest BCUT2D eigenvalue weighted by Gasteiger charge is -2.35. The summed E-state index contributed by atoms with van der Waals surface area (Å²) >= 11 is 0. The Bertz CT molecular complexity index is 402. The summed E-state index contributed by atoms with van der Waals surface area (Å²) in [5.74, 6) is 0. The summed E-state index contributed by atoms with van der Waals surface area (Å²) in [6, 6.07) is 2.13. The van der Waals surface area contributed by atoms with E-state index in [2.05, 4.69) is 25.0 Å². The average Bonchev–Trinajstić information content (AvgIpc) is 2.70. The highest BCUT2D eigenvalue weighted by atomic mass is 16.5. The van der Waals surface area contributed by atoms with Crippen molar-refractivity contribution >= 4 is 0 Å². The van der Waals surface area contributed by atoms with Crippen LogP contribution >= 0.6 is 0 Å². The molecule has 0 amide bonds. The van der Waals surface area contributed by atoms with Gasteiger partial charge in [-0.15, -0.1) is 0 Å². The van der Waals surface area contributed by atoms with E-state index in [0.29, 0.717) is 25.9 Å². The van der Waals surface area contributed by atoms with Crippen LogP contribution in [0, 0.1) is 0 Å². The van der Waals surface area contributed by atoms with E-state index in [-0.39, 0.29) is 6.10 Å². The number of rotatable bonds is 4. The largest absolute Gasteiger partial charge is 0.389 e. The number of hydrogen-bond donors (Lipinski definition) is 1. The molecule has 18 heavy (non-hydrogen) atoms. The third-order valence-electron chi connectivity index (χ3n) is 3.72. The van der Waals surface area contributed by atoms with E-state index >= 15 is 0 Å². The van der Waals surface area contributed by atoms with Crippen LogP contribution < -0.4 is 0 Å². The molecule has 4 heteroatoms. The zero-order chi connectivity index (χ0) is 13.2. The molecule has 1 aromatic heterocycles. The normalized spacial score (nSPS) is 28.6. The minimum absolute atomic E-state index is 0.146. The van der Waals surface area contributed by atoms with Crippen LogP contribution in [0.15, 0.2) is 6.07 Å². The lowest BCUT2D eigenvalue weighted by atomic mass is 9.86. The van der Waals surface area contributed by atoms with Crippen LogP contribution in [0.5, 0.6) is 0 Å². The van der Waals surface area contributed by atoms with E-state index in [1.807, 2.05) is 11.6 Å². The van der Waals surface area contributed by atoms with Gasteiger partial charge in [0.1, 0.15) is 0 Å². The van der Waals surface area contributed by atoms with Crippen molar-refractivity contribution in [1.29, 1.82) is 0 Å². The summed E-state index contributed by atoms with van der Waals surface area (Å²) in [5.41, 5.74) is 1.62. The van der Waals surface area contributed by atoms with Crippen molar-refractivity contribution in [3.63, 3.8) is 0 Å². The van der Waals surface area contributed by atoms with E-state index in [4.69, 9.17) is 4.74 Å². The predicted octanol–water partition coefficient (Wildman–Crippen LogP) is 1.94. The first-order valence-corrected chi connectivity index (χ1v) is 6.96. The summed E-state index contributed by atoms with van der Waals surface area (Å²) in [4.78, 5) is 0. The Balaban J connectivity index is 2.14. The van der Waals surface area contributed by atoms with Gasteiger partial charge in [-0.25, -0.2) is 0 Å². The lowest BCUT2D eigenvalue weighted by Crippen LogP contribution is -2.42. The summed E-state index contributed by atoms with van der Waals surface area (Å²) in [6.45, 7) is 7.73. The highest BCUT2D eigenvalue weighted by Gasteiger charge is 2.34. The smallest absolute Gasteiger partial charge is 0.0749 e. The molecular formula is C14H24N2O2. The fourth-order valence-electron chi connectivity index (χ4n) is 2.75. The van der Waals surface area contributed by atoms with E-state index in [1.165, 1.54) is 0 Å². The van der Waals surface area contributed by atoms with Crippen LogP contribution in [0.3, 0.4) is 0 Å². The minimum Gasteiger partial charge on any atom is -0.389 e. The van der Waals surface area contributed by atoms with E-state index in [0.717, 1.165) is 24.4 Å². The molecule has 1 saturated heterocycles. The maximum atomic E-state index is 10.7. The van der Waals surface area contributed by atoms with Crippen LogP contribution in [0.1, 0.15) is 45.0 Å². The standard InChI is InChI=1S/C14H24N2O2/c1-4-12-8-13(16(5-2)15-12)10-14(17)6-7-18-11(3)9-14/h8,11,17H,4-7,9-10H2,1-3H3. The van der Waals surface area contributed by atoms with Crippen LogP contribution in [0.2, 0.25) is 0 Å². The van der Waals surface area contributed by atoms with Crippen molar-refractivity contribution in [2.45, 2.75) is 64.7 Å². The Hall–Kier alpha value is -0.870. The molecule has 2 heterocycles. The number of aliphatic hydroxyl groups is 1. The molecule has 1 aromatic rings. The fourth-order valence-corrected chi connectivity index (χ4v) is 2.75. The fraction of sp³-hybridized carbons (Fsp3) is 0.786. The average molecular weight is 252 g/mol. The van der Waals surface area contributed by atoms with Crippen LogP contribution in [-0.4, -0.2) is 33.2 Å². The molecule has 102 valence electrons. The number of nitrogens with zero attached hydrogens (tertiary/aromatic N) is 2. The zero-order valence-corrected chi connectivity index (χ0v) is 11.6. The second-order valence-corrected chi connectivity index (χ2v) is 5.33. The van der Waals surface area contributed by atoms with Gasteiger partial charge in [0.05, 0.1) is 17.4 Å². The summed E-state index contributed by atoms with van der Waals surface area (Å²) in [7, 11) is 0. The second kappa shape index (κ2) is 5.41. The van der Waals surface area contributed by atoms with Crippen molar-refractivity contribution < 1.29 is 9.84 Å². The minimum atomic E-state index is -0.629. The molecule has 4 nitrogen and oxygen atoms in total. The van der Waals surface area contributed by atoms with Crippen LogP contribution in [0.25, 0.3) is 0 Å². The molecular weight excluding hydrogens is 228 g/mol. The maximum absolute atomic E-state index is 10.7. The first-order valence-electron chi connectivity index (χ1n) is 6.96. The first-order chi connectivity index (χ1) is 8.56. The molecule has 1 N–H and O–H groups in total. The summed E-state index contributed by atoms with van der Waals surface area (Å²) < 4.78 is 7.52. The second-order valence-electron chi connectivity index (χ2n) is 5.33. The molecule has 2 unspecified atom stereocenters. The first kappa shape index (κ1) is 13.6. The van der Waals surface area contributed by atoms with Crippen LogP contribution in [0.4, 0.5) is 0 Å². The number of aromatic nitrogens is 2. The third kappa shape index (κ3) is 2.93. The molecule has 0 spiro atoms. The van der Waals surface area contributed by atoms with E-state index in [1.54, 1.807) is 0 Å². The molecule has 1 fully saturated rings. The molecule has 0 aromatic carbocycles. The van der Waals surface area contributed by atoms with Gasteiger partial charge >= 0.3 is 0 Å². The molecule has 0 radical (unpaired) electrons. The highest BCUT2D eigenvalue weighted by molar-refractivity contribution is 5.13.